The first-order valence-corrected chi connectivity index (χ1v) is 4.99. The fraction of sp³-hybridized carbons (Fsp3) is 0.273. The van der Waals surface area contributed by atoms with E-state index in [1.807, 2.05) is 32.1 Å². The van der Waals surface area contributed by atoms with Crippen molar-refractivity contribution in [3.63, 3.8) is 0 Å². The van der Waals surface area contributed by atoms with Crippen molar-refractivity contribution in [3.8, 4) is 0 Å². The quantitative estimate of drug-likeness (QED) is 0.646. The molecule has 0 atom stereocenters. The zero-order valence-electron chi connectivity index (χ0n) is 7.57. The lowest BCUT2D eigenvalue weighted by Gasteiger charge is -2.18. The van der Waals surface area contributed by atoms with Gasteiger partial charge in [-0.05, 0) is 17.7 Å². The molecule has 0 aliphatic heterocycles. The summed E-state index contributed by atoms with van der Waals surface area (Å²) in [4.78, 5) is 0. The normalized spacial score (nSPS) is 17.5. The topological polar surface area (TPSA) is 0 Å². The molecule has 2 heteroatoms. The maximum Gasteiger partial charge on any atom is 0.128 e. The molecule has 0 bridgehead atoms. The van der Waals surface area contributed by atoms with Gasteiger partial charge in [-0.3, -0.25) is 0 Å². The van der Waals surface area contributed by atoms with Gasteiger partial charge < -0.3 is 0 Å². The number of rotatable bonds is 0. The van der Waals surface area contributed by atoms with Crippen LogP contribution in [0.3, 0.4) is 0 Å². The van der Waals surface area contributed by atoms with Crippen molar-refractivity contribution in [1.82, 2.24) is 0 Å². The number of hydrogen-bond acceptors (Lipinski definition) is 0. The van der Waals surface area contributed by atoms with Crippen LogP contribution in [0.4, 0.5) is 4.39 Å². The largest absolute Gasteiger partial charge is 0.207 e. The fourth-order valence-electron chi connectivity index (χ4n) is 1.79. The summed E-state index contributed by atoms with van der Waals surface area (Å²) < 4.78 is 14.4. The summed E-state index contributed by atoms with van der Waals surface area (Å²) in [6.45, 7) is 4.04. The van der Waals surface area contributed by atoms with E-state index in [-0.39, 0.29) is 11.2 Å². The monoisotopic (exact) mass is 240 g/mol. The van der Waals surface area contributed by atoms with E-state index in [0.29, 0.717) is 0 Å². The van der Waals surface area contributed by atoms with Crippen LogP contribution in [0.2, 0.25) is 0 Å². The number of benzene rings is 1. The molecular weight excluding hydrogens is 231 g/mol. The van der Waals surface area contributed by atoms with Crippen LogP contribution < -0.4 is 0 Å². The first-order valence-electron chi connectivity index (χ1n) is 4.19. The highest BCUT2D eigenvalue weighted by Crippen LogP contribution is 2.38. The first kappa shape index (κ1) is 8.95. The summed E-state index contributed by atoms with van der Waals surface area (Å²) in [5.74, 6) is -0.126. The molecule has 0 unspecified atom stereocenters. The number of allylic oxidation sites excluding steroid dienone is 1. The minimum atomic E-state index is -0.167. The van der Waals surface area contributed by atoms with E-state index < -0.39 is 0 Å². The van der Waals surface area contributed by atoms with Gasteiger partial charge in [0.1, 0.15) is 5.82 Å². The summed E-state index contributed by atoms with van der Waals surface area (Å²) in [6, 6.07) is 3.47. The van der Waals surface area contributed by atoms with E-state index in [9.17, 15) is 4.39 Å². The Kier molecular flexibility index (Phi) is 1.84. The predicted octanol–water partition coefficient (Wildman–Crippen LogP) is 3.89. The molecule has 0 radical (unpaired) electrons. The van der Waals surface area contributed by atoms with Gasteiger partial charge in [-0.15, -0.1) is 0 Å². The SMILES string of the molecule is CC1(C)C=Cc2cc(Br)cc(F)c21. The van der Waals surface area contributed by atoms with E-state index in [1.54, 1.807) is 0 Å². The molecule has 0 saturated heterocycles. The molecule has 0 spiro atoms. The van der Waals surface area contributed by atoms with E-state index in [1.165, 1.54) is 6.07 Å². The zero-order chi connectivity index (χ0) is 9.64. The van der Waals surface area contributed by atoms with Gasteiger partial charge in [-0.25, -0.2) is 4.39 Å². The Morgan fingerprint density at radius 3 is 2.69 bits per heavy atom. The smallest absolute Gasteiger partial charge is 0.128 e. The highest BCUT2D eigenvalue weighted by Gasteiger charge is 2.28. The third-order valence-corrected chi connectivity index (χ3v) is 2.87. The Balaban J connectivity index is 2.71. The Labute approximate surface area is 85.6 Å². The van der Waals surface area contributed by atoms with Crippen molar-refractivity contribution in [1.29, 1.82) is 0 Å². The molecule has 1 aliphatic carbocycles. The minimum absolute atomic E-state index is 0.126. The molecule has 2 rings (SSSR count). The van der Waals surface area contributed by atoms with Crippen molar-refractivity contribution in [3.05, 3.63) is 39.6 Å². The van der Waals surface area contributed by atoms with E-state index in [0.717, 1.165) is 15.6 Å². The Bertz CT molecular complexity index is 391. The summed E-state index contributed by atoms with van der Waals surface area (Å²) in [7, 11) is 0. The third-order valence-electron chi connectivity index (χ3n) is 2.41. The molecule has 13 heavy (non-hydrogen) atoms. The van der Waals surface area contributed by atoms with Gasteiger partial charge in [0.2, 0.25) is 0 Å². The van der Waals surface area contributed by atoms with Gasteiger partial charge in [-0.1, -0.05) is 41.9 Å². The van der Waals surface area contributed by atoms with Crippen LogP contribution in [0.15, 0.2) is 22.7 Å². The average Bonchev–Trinajstić information content (AvgIpc) is 2.26. The second-order valence-corrected chi connectivity index (χ2v) is 4.82. The number of halogens is 2. The molecule has 0 N–H and O–H groups in total. The Morgan fingerprint density at radius 2 is 2.00 bits per heavy atom. The summed E-state index contributed by atoms with van der Waals surface area (Å²) in [6.07, 6.45) is 4.01. The van der Waals surface area contributed by atoms with Gasteiger partial charge in [0, 0.05) is 15.5 Å². The molecule has 0 nitrogen and oxygen atoms in total. The van der Waals surface area contributed by atoms with Gasteiger partial charge in [0.25, 0.3) is 0 Å². The van der Waals surface area contributed by atoms with Crippen molar-refractivity contribution in [2.24, 2.45) is 0 Å². The van der Waals surface area contributed by atoms with Crippen molar-refractivity contribution < 1.29 is 4.39 Å². The summed E-state index contributed by atoms with van der Waals surface area (Å²) >= 11 is 3.28. The van der Waals surface area contributed by atoms with Gasteiger partial charge >= 0.3 is 0 Å². The van der Waals surface area contributed by atoms with Crippen molar-refractivity contribution >= 4 is 22.0 Å². The summed E-state index contributed by atoms with van der Waals surface area (Å²) in [5.41, 5.74) is 1.62. The molecular formula is C11H10BrF. The van der Waals surface area contributed by atoms with Crippen LogP contribution in [0.25, 0.3) is 6.08 Å². The van der Waals surface area contributed by atoms with Crippen LogP contribution in [-0.4, -0.2) is 0 Å². The lowest BCUT2D eigenvalue weighted by molar-refractivity contribution is 0.563. The van der Waals surface area contributed by atoms with E-state index in [4.69, 9.17) is 0 Å². The second-order valence-electron chi connectivity index (χ2n) is 3.91. The maximum atomic E-state index is 13.6. The Hall–Kier alpha value is -0.630. The molecule has 0 heterocycles. The van der Waals surface area contributed by atoms with Crippen LogP contribution in [0.5, 0.6) is 0 Å². The highest BCUT2D eigenvalue weighted by molar-refractivity contribution is 9.10. The van der Waals surface area contributed by atoms with Gasteiger partial charge in [0.15, 0.2) is 0 Å². The van der Waals surface area contributed by atoms with Crippen LogP contribution in [0, 0.1) is 5.82 Å². The lowest BCUT2D eigenvalue weighted by atomic mass is 9.87. The molecule has 0 aromatic heterocycles. The predicted molar refractivity (Wildman–Crippen MR) is 56.2 cm³/mol. The van der Waals surface area contributed by atoms with Crippen LogP contribution in [-0.2, 0) is 5.41 Å². The molecule has 0 fully saturated rings. The molecule has 0 saturated carbocycles. The molecule has 1 aromatic carbocycles. The van der Waals surface area contributed by atoms with Crippen LogP contribution >= 0.6 is 15.9 Å². The molecule has 1 aromatic rings. The second kappa shape index (κ2) is 2.68. The molecule has 1 aliphatic rings. The number of fused-ring (bicyclic) bond motifs is 1. The Morgan fingerprint density at radius 1 is 1.31 bits per heavy atom. The summed E-state index contributed by atoms with van der Waals surface area (Å²) in [5, 5.41) is 0. The van der Waals surface area contributed by atoms with Gasteiger partial charge in [0.05, 0.1) is 0 Å². The standard InChI is InChI=1S/C11H10BrF/c1-11(2)4-3-7-5-8(12)6-9(13)10(7)11/h3-6H,1-2H3. The van der Waals surface area contributed by atoms with E-state index >= 15 is 0 Å². The average molecular weight is 241 g/mol. The third kappa shape index (κ3) is 1.33. The zero-order valence-corrected chi connectivity index (χ0v) is 9.15. The maximum absolute atomic E-state index is 13.6. The van der Waals surface area contributed by atoms with E-state index in [2.05, 4.69) is 15.9 Å². The molecule has 68 valence electrons. The van der Waals surface area contributed by atoms with Crippen LogP contribution in [0.1, 0.15) is 25.0 Å². The van der Waals surface area contributed by atoms with Gasteiger partial charge in [-0.2, -0.15) is 0 Å². The fourth-order valence-corrected chi connectivity index (χ4v) is 2.23. The van der Waals surface area contributed by atoms with Crippen molar-refractivity contribution in [2.45, 2.75) is 19.3 Å². The molecule has 0 amide bonds. The lowest BCUT2D eigenvalue weighted by Crippen LogP contribution is -2.13. The van der Waals surface area contributed by atoms with Crippen molar-refractivity contribution in [2.75, 3.05) is 0 Å². The number of hydrogen-bond donors (Lipinski definition) is 0. The highest BCUT2D eigenvalue weighted by atomic mass is 79.9. The minimum Gasteiger partial charge on any atom is -0.207 e. The first-order chi connectivity index (χ1) is 6.00.